The van der Waals surface area contributed by atoms with Crippen molar-refractivity contribution in [3.63, 3.8) is 0 Å². The van der Waals surface area contributed by atoms with Crippen LogP contribution in [-0.2, 0) is 10.3 Å². The molecule has 21 heavy (non-hydrogen) atoms. The normalized spacial score (nSPS) is 22.0. The standard InChI is InChI=1S/C12H15N5O3S/c18-21(19,20)17-6-5-16(7-12(17)2-3-12)11-9-1-4-13-10(9)14-8-15-11/h1,4,8H,2-3,5-7H2,(H,13,14,15)(H,18,19,20). The summed E-state index contributed by atoms with van der Waals surface area (Å²) in [6.07, 6.45) is 4.85. The van der Waals surface area contributed by atoms with Gasteiger partial charge in [0.05, 0.1) is 10.9 Å². The van der Waals surface area contributed by atoms with Crippen LogP contribution in [0.3, 0.4) is 0 Å². The Morgan fingerprint density at radius 1 is 1.29 bits per heavy atom. The van der Waals surface area contributed by atoms with E-state index in [0.29, 0.717) is 13.1 Å². The minimum absolute atomic E-state index is 0.273. The van der Waals surface area contributed by atoms with Crippen LogP contribution in [0.5, 0.6) is 0 Å². The van der Waals surface area contributed by atoms with Crippen LogP contribution in [0.1, 0.15) is 12.8 Å². The Morgan fingerprint density at radius 3 is 2.81 bits per heavy atom. The van der Waals surface area contributed by atoms with Gasteiger partial charge in [-0.15, -0.1) is 0 Å². The number of nitrogens with zero attached hydrogens (tertiary/aromatic N) is 4. The summed E-state index contributed by atoms with van der Waals surface area (Å²) in [5.41, 5.74) is 0.293. The molecule has 0 radical (unpaired) electrons. The number of hydrogen-bond donors (Lipinski definition) is 2. The Hall–Kier alpha value is -1.71. The lowest BCUT2D eigenvalue weighted by Gasteiger charge is -2.40. The highest BCUT2D eigenvalue weighted by Crippen LogP contribution is 2.46. The third kappa shape index (κ3) is 2.00. The quantitative estimate of drug-likeness (QED) is 0.779. The van der Waals surface area contributed by atoms with Gasteiger partial charge in [0.15, 0.2) is 0 Å². The molecule has 0 amide bonds. The van der Waals surface area contributed by atoms with Gasteiger partial charge in [0.2, 0.25) is 0 Å². The number of fused-ring (bicyclic) bond motifs is 1. The molecule has 8 nitrogen and oxygen atoms in total. The number of anilines is 1. The third-order valence-corrected chi connectivity index (χ3v) is 5.45. The first-order chi connectivity index (χ1) is 10.00. The van der Waals surface area contributed by atoms with E-state index in [1.165, 1.54) is 10.6 Å². The van der Waals surface area contributed by atoms with Crippen molar-refractivity contribution >= 4 is 27.2 Å². The molecule has 2 N–H and O–H groups in total. The van der Waals surface area contributed by atoms with E-state index in [-0.39, 0.29) is 6.54 Å². The van der Waals surface area contributed by atoms with E-state index >= 15 is 0 Å². The van der Waals surface area contributed by atoms with Gasteiger partial charge in [-0.05, 0) is 18.9 Å². The SMILES string of the molecule is O=S(=O)(O)N1CCN(c2ncnc3[nH]ccc23)CC12CC2. The third-order valence-electron chi connectivity index (χ3n) is 4.33. The smallest absolute Gasteiger partial charge is 0.336 e. The summed E-state index contributed by atoms with van der Waals surface area (Å²) < 4.78 is 33.6. The monoisotopic (exact) mass is 309 g/mol. The van der Waals surface area contributed by atoms with Crippen LogP contribution < -0.4 is 4.90 Å². The molecule has 1 spiro atoms. The molecule has 0 unspecified atom stereocenters. The molecule has 1 saturated carbocycles. The first kappa shape index (κ1) is 13.0. The van der Waals surface area contributed by atoms with E-state index < -0.39 is 15.8 Å². The topological polar surface area (TPSA) is 102 Å². The van der Waals surface area contributed by atoms with E-state index in [1.807, 2.05) is 12.3 Å². The number of nitrogens with one attached hydrogen (secondary N) is 1. The fourth-order valence-corrected chi connectivity index (χ4v) is 4.21. The second-order valence-electron chi connectivity index (χ2n) is 5.63. The van der Waals surface area contributed by atoms with Crippen LogP contribution in [0.2, 0.25) is 0 Å². The zero-order chi connectivity index (χ0) is 14.7. The number of hydrogen-bond acceptors (Lipinski definition) is 5. The lowest BCUT2D eigenvalue weighted by atomic mass is 10.2. The van der Waals surface area contributed by atoms with Crippen LogP contribution in [0.15, 0.2) is 18.6 Å². The van der Waals surface area contributed by atoms with Gasteiger partial charge in [-0.2, -0.15) is 12.7 Å². The van der Waals surface area contributed by atoms with Crippen LogP contribution >= 0.6 is 0 Å². The highest BCUT2D eigenvalue weighted by atomic mass is 32.2. The lowest BCUT2D eigenvalue weighted by molar-refractivity contribution is 0.244. The highest BCUT2D eigenvalue weighted by Gasteiger charge is 2.55. The van der Waals surface area contributed by atoms with Crippen molar-refractivity contribution in [1.29, 1.82) is 0 Å². The van der Waals surface area contributed by atoms with Gasteiger partial charge in [-0.1, -0.05) is 0 Å². The van der Waals surface area contributed by atoms with Crippen LogP contribution in [-0.4, -0.2) is 57.4 Å². The summed E-state index contributed by atoms with van der Waals surface area (Å²) in [5, 5.41) is 0.925. The van der Waals surface area contributed by atoms with Gasteiger partial charge in [0.1, 0.15) is 17.8 Å². The fraction of sp³-hybridized carbons (Fsp3) is 0.500. The van der Waals surface area contributed by atoms with Crippen molar-refractivity contribution in [2.24, 2.45) is 0 Å². The van der Waals surface area contributed by atoms with Gasteiger partial charge in [0.25, 0.3) is 0 Å². The molecule has 2 aromatic heterocycles. The molecule has 0 aromatic carbocycles. The maximum Gasteiger partial charge on any atom is 0.336 e. The van der Waals surface area contributed by atoms with Crippen LogP contribution in [0.25, 0.3) is 11.0 Å². The van der Waals surface area contributed by atoms with E-state index in [9.17, 15) is 13.0 Å². The second-order valence-corrected chi connectivity index (χ2v) is 6.97. The van der Waals surface area contributed by atoms with E-state index in [2.05, 4.69) is 19.9 Å². The minimum Gasteiger partial charge on any atom is -0.353 e. The summed E-state index contributed by atoms with van der Waals surface area (Å²) in [5.74, 6) is 0.808. The van der Waals surface area contributed by atoms with Crippen LogP contribution in [0.4, 0.5) is 5.82 Å². The van der Waals surface area contributed by atoms with E-state index in [4.69, 9.17) is 0 Å². The Morgan fingerprint density at radius 2 is 2.10 bits per heavy atom. The van der Waals surface area contributed by atoms with Crippen molar-refractivity contribution < 1.29 is 13.0 Å². The molecule has 2 fully saturated rings. The summed E-state index contributed by atoms with van der Waals surface area (Å²) in [7, 11) is -4.14. The second kappa shape index (κ2) is 4.15. The highest BCUT2D eigenvalue weighted by molar-refractivity contribution is 7.83. The summed E-state index contributed by atoms with van der Waals surface area (Å²) in [6, 6.07) is 1.92. The Bertz CT molecular complexity index is 798. The molecular formula is C12H15N5O3S. The number of H-pyrrole nitrogens is 1. The molecule has 4 rings (SSSR count). The Labute approximate surface area is 121 Å². The van der Waals surface area contributed by atoms with Crippen molar-refractivity contribution in [2.45, 2.75) is 18.4 Å². The van der Waals surface area contributed by atoms with Gasteiger partial charge < -0.3 is 9.88 Å². The maximum atomic E-state index is 11.5. The molecule has 2 aliphatic rings. The fourth-order valence-electron chi connectivity index (χ4n) is 3.17. The number of piperazine rings is 1. The molecule has 0 atom stereocenters. The molecule has 1 aliphatic heterocycles. The Kier molecular flexibility index (Phi) is 2.57. The first-order valence-electron chi connectivity index (χ1n) is 6.78. The molecular weight excluding hydrogens is 294 g/mol. The molecule has 9 heteroatoms. The Balaban J connectivity index is 1.69. The predicted molar refractivity (Wildman–Crippen MR) is 76.3 cm³/mol. The van der Waals surface area contributed by atoms with Gasteiger partial charge >= 0.3 is 10.3 Å². The predicted octanol–water partition coefficient (Wildman–Crippen LogP) is 0.415. The number of rotatable bonds is 2. The summed E-state index contributed by atoms with van der Waals surface area (Å²) >= 11 is 0. The van der Waals surface area contributed by atoms with Gasteiger partial charge in [0, 0.05) is 25.8 Å². The molecule has 1 aliphatic carbocycles. The van der Waals surface area contributed by atoms with Crippen molar-refractivity contribution in [1.82, 2.24) is 19.3 Å². The number of aromatic amines is 1. The van der Waals surface area contributed by atoms with E-state index in [0.717, 1.165) is 29.7 Å². The zero-order valence-electron chi connectivity index (χ0n) is 11.2. The van der Waals surface area contributed by atoms with E-state index in [1.54, 1.807) is 0 Å². The maximum absolute atomic E-state index is 11.5. The average Bonchev–Trinajstić information content (AvgIpc) is 3.02. The molecule has 3 heterocycles. The molecule has 0 bridgehead atoms. The van der Waals surface area contributed by atoms with Gasteiger partial charge in [-0.25, -0.2) is 9.97 Å². The minimum atomic E-state index is -4.14. The summed E-state index contributed by atoms with van der Waals surface area (Å²) in [6.45, 7) is 1.32. The van der Waals surface area contributed by atoms with Crippen LogP contribution in [0, 0.1) is 0 Å². The van der Waals surface area contributed by atoms with Gasteiger partial charge in [-0.3, -0.25) is 4.55 Å². The average molecular weight is 309 g/mol. The largest absolute Gasteiger partial charge is 0.353 e. The zero-order valence-corrected chi connectivity index (χ0v) is 12.0. The van der Waals surface area contributed by atoms with Crippen molar-refractivity contribution in [3.05, 3.63) is 18.6 Å². The number of aromatic nitrogens is 3. The molecule has 2 aromatic rings. The van der Waals surface area contributed by atoms with Crippen molar-refractivity contribution in [2.75, 3.05) is 24.5 Å². The summed E-state index contributed by atoms with van der Waals surface area (Å²) in [4.78, 5) is 13.6. The van der Waals surface area contributed by atoms with Crippen molar-refractivity contribution in [3.8, 4) is 0 Å². The molecule has 1 saturated heterocycles. The molecule has 112 valence electrons. The first-order valence-corrected chi connectivity index (χ1v) is 8.18. The lowest BCUT2D eigenvalue weighted by Crippen LogP contribution is -2.57.